The molecule has 2 rings (SSSR count). The van der Waals surface area contributed by atoms with Gasteiger partial charge in [0.15, 0.2) is 0 Å². The van der Waals surface area contributed by atoms with E-state index >= 15 is 0 Å². The summed E-state index contributed by atoms with van der Waals surface area (Å²) in [6, 6.07) is -0.101. The van der Waals surface area contributed by atoms with Gasteiger partial charge in [0, 0.05) is 25.5 Å². The maximum absolute atomic E-state index is 12.9. The highest BCUT2D eigenvalue weighted by Gasteiger charge is 2.36. The van der Waals surface area contributed by atoms with Crippen molar-refractivity contribution in [2.45, 2.75) is 56.6 Å². The van der Waals surface area contributed by atoms with Crippen LogP contribution >= 0.6 is 0 Å². The van der Waals surface area contributed by atoms with Crippen LogP contribution in [0.4, 0.5) is 8.78 Å². The lowest BCUT2D eigenvalue weighted by atomic mass is 9.92. The standard InChI is InChI=1S/C11H17F2NO2/c12-11(13)5-3-8(4-6-11)14-10(15)9-2-1-7-16-9/h8-9H,1-7H2,(H,14,15). The molecule has 1 heterocycles. The maximum Gasteiger partial charge on any atom is 0.249 e. The molecular formula is C11H17F2NO2. The fourth-order valence-corrected chi connectivity index (χ4v) is 2.26. The first-order valence-electron chi connectivity index (χ1n) is 5.87. The Morgan fingerprint density at radius 1 is 1.25 bits per heavy atom. The summed E-state index contributed by atoms with van der Waals surface area (Å²) in [7, 11) is 0. The normalized spacial score (nSPS) is 30.2. The Morgan fingerprint density at radius 3 is 2.50 bits per heavy atom. The summed E-state index contributed by atoms with van der Waals surface area (Å²) < 4.78 is 31.0. The van der Waals surface area contributed by atoms with Crippen molar-refractivity contribution in [1.29, 1.82) is 0 Å². The zero-order valence-electron chi connectivity index (χ0n) is 9.18. The van der Waals surface area contributed by atoms with Gasteiger partial charge in [0.1, 0.15) is 6.10 Å². The summed E-state index contributed by atoms with van der Waals surface area (Å²) in [4.78, 5) is 11.7. The van der Waals surface area contributed by atoms with Crippen LogP contribution < -0.4 is 5.32 Å². The number of nitrogens with one attached hydrogen (secondary N) is 1. The summed E-state index contributed by atoms with van der Waals surface area (Å²) in [6.45, 7) is 0.626. The molecule has 2 aliphatic rings. The summed E-state index contributed by atoms with van der Waals surface area (Å²) >= 11 is 0. The number of carbonyl (C=O) groups is 1. The van der Waals surface area contributed by atoms with Gasteiger partial charge in [-0.3, -0.25) is 4.79 Å². The van der Waals surface area contributed by atoms with Gasteiger partial charge in [-0.25, -0.2) is 8.78 Å². The third kappa shape index (κ3) is 2.90. The summed E-state index contributed by atoms with van der Waals surface area (Å²) in [5, 5.41) is 2.80. The molecule has 1 aliphatic carbocycles. The van der Waals surface area contributed by atoms with E-state index in [4.69, 9.17) is 4.74 Å². The van der Waals surface area contributed by atoms with E-state index in [1.807, 2.05) is 0 Å². The average molecular weight is 233 g/mol. The lowest BCUT2D eigenvalue weighted by Gasteiger charge is -2.29. The van der Waals surface area contributed by atoms with Gasteiger partial charge in [-0.2, -0.15) is 0 Å². The maximum atomic E-state index is 12.9. The molecule has 1 N–H and O–H groups in total. The first-order chi connectivity index (χ1) is 7.57. The highest BCUT2D eigenvalue weighted by atomic mass is 19.3. The van der Waals surface area contributed by atoms with Crippen LogP contribution in [0.3, 0.4) is 0 Å². The van der Waals surface area contributed by atoms with Crippen LogP contribution in [-0.2, 0) is 9.53 Å². The third-order valence-corrected chi connectivity index (χ3v) is 3.29. The molecule has 0 radical (unpaired) electrons. The first-order valence-corrected chi connectivity index (χ1v) is 5.87. The second-order valence-electron chi connectivity index (χ2n) is 4.64. The predicted octanol–water partition coefficient (Wildman–Crippen LogP) is 1.86. The van der Waals surface area contributed by atoms with E-state index in [1.54, 1.807) is 0 Å². The Balaban J connectivity index is 1.76. The van der Waals surface area contributed by atoms with Gasteiger partial charge in [-0.05, 0) is 25.7 Å². The van der Waals surface area contributed by atoms with Gasteiger partial charge in [-0.1, -0.05) is 0 Å². The molecule has 1 saturated carbocycles. The topological polar surface area (TPSA) is 38.3 Å². The second-order valence-corrected chi connectivity index (χ2v) is 4.64. The molecule has 0 aromatic rings. The highest BCUT2D eigenvalue weighted by molar-refractivity contribution is 5.81. The Hall–Kier alpha value is -0.710. The van der Waals surface area contributed by atoms with Gasteiger partial charge < -0.3 is 10.1 Å². The van der Waals surface area contributed by atoms with E-state index < -0.39 is 5.92 Å². The smallest absolute Gasteiger partial charge is 0.249 e. The van der Waals surface area contributed by atoms with Crippen molar-refractivity contribution < 1.29 is 18.3 Å². The number of hydrogen-bond acceptors (Lipinski definition) is 2. The lowest BCUT2D eigenvalue weighted by molar-refractivity contribution is -0.131. The Bertz CT molecular complexity index is 255. The SMILES string of the molecule is O=C(NC1CCC(F)(F)CC1)C1CCCO1. The number of carbonyl (C=O) groups excluding carboxylic acids is 1. The zero-order valence-corrected chi connectivity index (χ0v) is 9.18. The molecule has 92 valence electrons. The molecule has 1 aliphatic heterocycles. The Morgan fingerprint density at radius 2 is 1.94 bits per heavy atom. The minimum Gasteiger partial charge on any atom is -0.368 e. The molecule has 1 atom stereocenters. The molecule has 3 nitrogen and oxygen atoms in total. The van der Waals surface area contributed by atoms with Crippen LogP contribution in [0.25, 0.3) is 0 Å². The molecule has 0 aromatic heterocycles. The third-order valence-electron chi connectivity index (χ3n) is 3.29. The molecule has 0 bridgehead atoms. The fraction of sp³-hybridized carbons (Fsp3) is 0.909. The van der Waals surface area contributed by atoms with Crippen LogP contribution in [0.15, 0.2) is 0 Å². The fourth-order valence-electron chi connectivity index (χ4n) is 2.26. The first kappa shape index (κ1) is 11.8. The van der Waals surface area contributed by atoms with E-state index in [9.17, 15) is 13.6 Å². The molecule has 0 aromatic carbocycles. The lowest BCUT2D eigenvalue weighted by Crippen LogP contribution is -2.44. The average Bonchev–Trinajstić information content (AvgIpc) is 2.74. The van der Waals surface area contributed by atoms with Gasteiger partial charge in [0.25, 0.3) is 0 Å². The van der Waals surface area contributed by atoms with Crippen molar-refractivity contribution in [2.75, 3.05) is 6.61 Å². The largest absolute Gasteiger partial charge is 0.368 e. The van der Waals surface area contributed by atoms with Crippen molar-refractivity contribution in [2.24, 2.45) is 0 Å². The number of amides is 1. The van der Waals surface area contributed by atoms with Crippen LogP contribution in [0.1, 0.15) is 38.5 Å². The number of halogens is 2. The quantitative estimate of drug-likeness (QED) is 0.790. The van der Waals surface area contributed by atoms with E-state index in [0.29, 0.717) is 19.4 Å². The molecule has 2 fully saturated rings. The number of hydrogen-bond donors (Lipinski definition) is 1. The van der Waals surface area contributed by atoms with Gasteiger partial charge in [-0.15, -0.1) is 0 Å². The molecule has 5 heteroatoms. The van der Waals surface area contributed by atoms with Crippen LogP contribution in [0.2, 0.25) is 0 Å². The molecule has 16 heavy (non-hydrogen) atoms. The van der Waals surface area contributed by atoms with Crippen LogP contribution in [0, 0.1) is 0 Å². The molecule has 1 unspecified atom stereocenters. The molecular weight excluding hydrogens is 216 g/mol. The van der Waals surface area contributed by atoms with E-state index in [0.717, 1.165) is 12.8 Å². The van der Waals surface area contributed by atoms with Crippen LogP contribution in [0.5, 0.6) is 0 Å². The highest BCUT2D eigenvalue weighted by Crippen LogP contribution is 2.33. The summed E-state index contributed by atoms with van der Waals surface area (Å²) in [5.41, 5.74) is 0. The zero-order chi connectivity index (χ0) is 11.6. The van der Waals surface area contributed by atoms with Gasteiger partial charge >= 0.3 is 0 Å². The molecule has 1 amide bonds. The summed E-state index contributed by atoms with van der Waals surface area (Å²) in [5.74, 6) is -2.67. The van der Waals surface area contributed by atoms with Gasteiger partial charge in [0.2, 0.25) is 11.8 Å². The van der Waals surface area contributed by atoms with Crippen molar-refractivity contribution in [1.82, 2.24) is 5.32 Å². The minimum atomic E-state index is -2.54. The number of ether oxygens (including phenoxy) is 1. The van der Waals surface area contributed by atoms with E-state index in [2.05, 4.69) is 5.32 Å². The van der Waals surface area contributed by atoms with Crippen molar-refractivity contribution in [3.63, 3.8) is 0 Å². The van der Waals surface area contributed by atoms with Crippen molar-refractivity contribution >= 4 is 5.91 Å². The summed E-state index contributed by atoms with van der Waals surface area (Å²) in [6.07, 6.45) is 1.78. The van der Waals surface area contributed by atoms with Crippen LogP contribution in [-0.4, -0.2) is 30.6 Å². The second kappa shape index (κ2) is 4.65. The Labute approximate surface area is 93.5 Å². The van der Waals surface area contributed by atoms with E-state index in [-0.39, 0.29) is 30.9 Å². The van der Waals surface area contributed by atoms with Crippen molar-refractivity contribution in [3.8, 4) is 0 Å². The molecule has 1 saturated heterocycles. The minimum absolute atomic E-state index is 0.101. The number of rotatable bonds is 2. The van der Waals surface area contributed by atoms with Crippen molar-refractivity contribution in [3.05, 3.63) is 0 Å². The Kier molecular flexibility index (Phi) is 3.42. The number of alkyl halides is 2. The molecule has 0 spiro atoms. The predicted molar refractivity (Wildman–Crippen MR) is 54.3 cm³/mol. The van der Waals surface area contributed by atoms with Gasteiger partial charge in [0.05, 0.1) is 0 Å². The monoisotopic (exact) mass is 233 g/mol. The van der Waals surface area contributed by atoms with E-state index in [1.165, 1.54) is 0 Å².